The van der Waals surface area contributed by atoms with E-state index in [-0.39, 0.29) is 51.0 Å². The molecule has 0 unspecified atom stereocenters. The second-order valence-corrected chi connectivity index (χ2v) is 12.5. The number of para-hydroxylation sites is 1. The number of hydrogen-bond donors (Lipinski definition) is 1. The van der Waals surface area contributed by atoms with E-state index in [0.29, 0.717) is 6.07 Å². The van der Waals surface area contributed by atoms with Crippen LogP contribution in [0.1, 0.15) is 64.9 Å². The van der Waals surface area contributed by atoms with Crippen molar-refractivity contribution in [2.24, 2.45) is 0 Å². The van der Waals surface area contributed by atoms with Crippen LogP contribution in [-0.2, 0) is 30.3 Å². The van der Waals surface area contributed by atoms with Crippen LogP contribution in [-0.4, -0.2) is 61.8 Å². The number of hydrogen-bond acceptors (Lipinski definition) is 11. The Morgan fingerprint density at radius 3 is 2.39 bits per heavy atom. The second kappa shape index (κ2) is 14.2. The number of ether oxygens (including phenoxy) is 3. The summed E-state index contributed by atoms with van der Waals surface area (Å²) in [5.41, 5.74) is -1.46. The maximum absolute atomic E-state index is 13.7. The Hall–Kier alpha value is -4.05. The molecule has 2 aromatic heterocycles. The van der Waals surface area contributed by atoms with Gasteiger partial charge in [0.2, 0.25) is 20.9 Å². The summed E-state index contributed by atoms with van der Waals surface area (Å²) in [6.45, 7) is 6.43. The van der Waals surface area contributed by atoms with E-state index in [4.69, 9.17) is 14.2 Å². The molecular weight excluding hydrogens is 627 g/mol. The van der Waals surface area contributed by atoms with Crippen LogP contribution in [0.2, 0.25) is 0 Å². The van der Waals surface area contributed by atoms with Crippen molar-refractivity contribution in [1.29, 1.82) is 0 Å². The first-order valence-corrected chi connectivity index (χ1v) is 15.7. The standard InChI is InChI=1S/C28H30F3N3O8S2/c1-6-41-26(37)23-16(4)22(25(36)42-15(2)3)24(43-23)34-21(35)12-9-13-44(38,39)27-32-18(14-20(33-27)28(29,30)31)17-10-7-8-11-19(17)40-5/h7-8,10-11,14-15H,6,9,12-13H2,1-5H3,(H,34,35). The van der Waals surface area contributed by atoms with Crippen molar-refractivity contribution in [1.82, 2.24) is 9.97 Å². The van der Waals surface area contributed by atoms with Crippen molar-refractivity contribution in [3.05, 3.63) is 52.0 Å². The van der Waals surface area contributed by atoms with Crippen molar-refractivity contribution < 1.29 is 50.2 Å². The van der Waals surface area contributed by atoms with Gasteiger partial charge in [-0.3, -0.25) is 4.79 Å². The van der Waals surface area contributed by atoms with Gasteiger partial charge in [0.25, 0.3) is 0 Å². The number of amides is 1. The Kier molecular flexibility index (Phi) is 11.1. The number of aromatic nitrogens is 2. The van der Waals surface area contributed by atoms with Crippen LogP contribution in [0.15, 0.2) is 35.5 Å². The minimum Gasteiger partial charge on any atom is -0.496 e. The van der Waals surface area contributed by atoms with E-state index in [1.807, 2.05) is 0 Å². The average Bonchev–Trinajstić information content (AvgIpc) is 3.27. The van der Waals surface area contributed by atoms with Crippen LogP contribution in [0.4, 0.5) is 18.2 Å². The summed E-state index contributed by atoms with van der Waals surface area (Å²) < 4.78 is 82.5. The third-order valence-corrected chi connectivity index (χ3v) is 8.63. The molecule has 3 rings (SSSR count). The minimum atomic E-state index is -4.97. The summed E-state index contributed by atoms with van der Waals surface area (Å²) in [7, 11) is -3.19. The number of esters is 2. The highest BCUT2D eigenvalue weighted by Crippen LogP contribution is 2.36. The number of rotatable bonds is 12. The molecule has 0 bridgehead atoms. The van der Waals surface area contributed by atoms with Crippen molar-refractivity contribution >= 4 is 44.0 Å². The number of nitrogens with one attached hydrogen (secondary N) is 1. The van der Waals surface area contributed by atoms with E-state index in [2.05, 4.69) is 15.3 Å². The summed E-state index contributed by atoms with van der Waals surface area (Å²) in [4.78, 5) is 45.1. The third kappa shape index (κ3) is 8.31. The highest BCUT2D eigenvalue weighted by Gasteiger charge is 2.36. The summed E-state index contributed by atoms with van der Waals surface area (Å²) in [6.07, 6.45) is -6.19. The Morgan fingerprint density at radius 2 is 1.77 bits per heavy atom. The van der Waals surface area contributed by atoms with Gasteiger partial charge < -0.3 is 19.5 Å². The van der Waals surface area contributed by atoms with Gasteiger partial charge in [-0.05, 0) is 57.9 Å². The van der Waals surface area contributed by atoms with Crippen LogP contribution in [0.5, 0.6) is 5.75 Å². The van der Waals surface area contributed by atoms with Crippen molar-refractivity contribution in [2.45, 2.75) is 58.0 Å². The fourth-order valence-electron chi connectivity index (χ4n) is 3.92. The van der Waals surface area contributed by atoms with Gasteiger partial charge in [0, 0.05) is 12.0 Å². The predicted molar refractivity (Wildman–Crippen MR) is 155 cm³/mol. The van der Waals surface area contributed by atoms with Gasteiger partial charge in [-0.1, -0.05) is 12.1 Å². The van der Waals surface area contributed by atoms with E-state index < -0.39 is 63.0 Å². The lowest BCUT2D eigenvalue weighted by Gasteiger charge is -2.13. The van der Waals surface area contributed by atoms with Gasteiger partial charge in [0.1, 0.15) is 21.3 Å². The molecule has 1 amide bonds. The topological polar surface area (TPSA) is 151 Å². The number of benzene rings is 1. The second-order valence-electron chi connectivity index (χ2n) is 9.52. The molecule has 0 aliphatic carbocycles. The van der Waals surface area contributed by atoms with Gasteiger partial charge in [-0.25, -0.2) is 28.0 Å². The van der Waals surface area contributed by atoms with Crippen LogP contribution in [0, 0.1) is 6.92 Å². The maximum Gasteiger partial charge on any atom is 0.433 e. The number of anilines is 1. The average molecular weight is 658 g/mol. The zero-order valence-corrected chi connectivity index (χ0v) is 26.0. The molecule has 16 heteroatoms. The number of carbonyl (C=O) groups excluding carboxylic acids is 3. The monoisotopic (exact) mass is 657 g/mol. The van der Waals surface area contributed by atoms with Gasteiger partial charge in [0.15, 0.2) is 0 Å². The van der Waals surface area contributed by atoms with Crippen LogP contribution < -0.4 is 10.1 Å². The number of carbonyl (C=O) groups is 3. The first-order chi connectivity index (χ1) is 20.6. The largest absolute Gasteiger partial charge is 0.496 e. The van der Waals surface area contributed by atoms with E-state index in [0.717, 1.165) is 11.3 Å². The highest BCUT2D eigenvalue weighted by molar-refractivity contribution is 7.91. The van der Waals surface area contributed by atoms with Gasteiger partial charge >= 0.3 is 18.1 Å². The Labute approximate surface area is 255 Å². The molecule has 1 N–H and O–H groups in total. The molecule has 0 saturated carbocycles. The fraction of sp³-hybridized carbons (Fsp3) is 0.393. The summed E-state index contributed by atoms with van der Waals surface area (Å²) in [5, 5.41) is 1.45. The lowest BCUT2D eigenvalue weighted by atomic mass is 10.1. The number of nitrogens with zero attached hydrogens (tertiary/aromatic N) is 2. The molecule has 1 aromatic carbocycles. The number of alkyl halides is 3. The van der Waals surface area contributed by atoms with E-state index >= 15 is 0 Å². The van der Waals surface area contributed by atoms with Gasteiger partial charge in [-0.15, -0.1) is 11.3 Å². The molecule has 0 aliphatic rings. The Morgan fingerprint density at radius 1 is 1.09 bits per heavy atom. The SMILES string of the molecule is CCOC(=O)c1sc(NC(=O)CCCS(=O)(=O)c2nc(-c3ccccc3OC)cc(C(F)(F)F)n2)c(C(=O)OC(C)C)c1C. The normalized spacial score (nSPS) is 11.8. The molecule has 0 fully saturated rings. The maximum atomic E-state index is 13.7. The minimum absolute atomic E-state index is 0.00622. The molecule has 44 heavy (non-hydrogen) atoms. The number of halogens is 3. The van der Waals surface area contributed by atoms with Crippen molar-refractivity contribution in [2.75, 3.05) is 24.8 Å². The first-order valence-electron chi connectivity index (χ1n) is 13.2. The summed E-state index contributed by atoms with van der Waals surface area (Å²) in [5.74, 6) is -2.78. The number of thiophene rings is 1. The molecule has 0 spiro atoms. The smallest absolute Gasteiger partial charge is 0.433 e. The Bertz CT molecular complexity index is 1650. The number of sulfone groups is 1. The molecular formula is C28H30F3N3O8S2. The van der Waals surface area contributed by atoms with Crippen LogP contribution >= 0.6 is 11.3 Å². The lowest BCUT2D eigenvalue weighted by Crippen LogP contribution is -2.19. The zero-order chi connectivity index (χ0) is 32.8. The summed E-state index contributed by atoms with van der Waals surface area (Å²) in [6, 6.07) is 6.64. The molecule has 11 nitrogen and oxygen atoms in total. The van der Waals surface area contributed by atoms with Crippen LogP contribution in [0.3, 0.4) is 0 Å². The lowest BCUT2D eigenvalue weighted by molar-refractivity contribution is -0.141. The molecule has 3 aromatic rings. The van der Waals surface area contributed by atoms with Gasteiger partial charge in [0.05, 0.1) is 36.8 Å². The number of methoxy groups -OCH3 is 1. The van der Waals surface area contributed by atoms with E-state index in [1.165, 1.54) is 32.2 Å². The van der Waals surface area contributed by atoms with E-state index in [9.17, 15) is 36.0 Å². The van der Waals surface area contributed by atoms with Gasteiger partial charge in [-0.2, -0.15) is 13.2 Å². The van der Waals surface area contributed by atoms with Crippen LogP contribution in [0.25, 0.3) is 11.3 Å². The zero-order valence-electron chi connectivity index (χ0n) is 24.4. The molecule has 0 saturated heterocycles. The summed E-state index contributed by atoms with van der Waals surface area (Å²) >= 11 is 0.798. The Balaban J connectivity index is 1.83. The fourth-order valence-corrected chi connectivity index (χ4v) is 6.21. The van der Waals surface area contributed by atoms with Crippen molar-refractivity contribution in [3.8, 4) is 17.0 Å². The molecule has 0 atom stereocenters. The highest BCUT2D eigenvalue weighted by atomic mass is 32.2. The van der Waals surface area contributed by atoms with Crippen molar-refractivity contribution in [3.63, 3.8) is 0 Å². The predicted octanol–water partition coefficient (Wildman–Crippen LogP) is 5.48. The molecule has 0 aliphatic heterocycles. The molecule has 238 valence electrons. The molecule has 0 radical (unpaired) electrons. The van der Waals surface area contributed by atoms with E-state index in [1.54, 1.807) is 26.8 Å². The quantitative estimate of drug-likeness (QED) is 0.196. The first kappa shape index (κ1) is 34.4. The third-order valence-electron chi connectivity index (χ3n) is 5.88. The molecule has 2 heterocycles.